The normalized spacial score (nSPS) is 32.4. The van der Waals surface area contributed by atoms with E-state index in [1.807, 2.05) is 6.07 Å². The van der Waals surface area contributed by atoms with Gasteiger partial charge in [0.2, 0.25) is 5.60 Å². The lowest BCUT2D eigenvalue weighted by molar-refractivity contribution is -0.0643. The molecule has 3 heterocycles. The molecule has 0 amide bonds. The van der Waals surface area contributed by atoms with Gasteiger partial charge in [-0.05, 0) is 0 Å². The highest BCUT2D eigenvalue weighted by atomic mass is 16.6. The third-order valence-electron chi connectivity index (χ3n) is 3.52. The Morgan fingerprint density at radius 1 is 1.48 bits per heavy atom. The molecule has 1 aliphatic heterocycles. The summed E-state index contributed by atoms with van der Waals surface area (Å²) in [6.07, 6.45) is -1.65. The topological polar surface area (TPSA) is 163 Å². The molecule has 2 aromatic rings. The second kappa shape index (κ2) is 4.61. The molecular formula is C11H12N6O4. The van der Waals surface area contributed by atoms with Crippen molar-refractivity contribution in [2.45, 2.75) is 23.9 Å². The number of hydrogen-bond acceptors (Lipinski definition) is 9. The summed E-state index contributed by atoms with van der Waals surface area (Å²) in [6.45, 7) is -0.546. The van der Waals surface area contributed by atoms with Crippen LogP contribution < -0.4 is 5.73 Å². The first kappa shape index (κ1) is 13.7. The first-order valence-corrected chi connectivity index (χ1v) is 6.06. The van der Waals surface area contributed by atoms with Crippen LogP contribution in [0.25, 0.3) is 5.65 Å². The van der Waals surface area contributed by atoms with E-state index in [4.69, 9.17) is 15.6 Å². The van der Waals surface area contributed by atoms with Crippen molar-refractivity contribution in [2.75, 3.05) is 12.3 Å². The van der Waals surface area contributed by atoms with Crippen molar-refractivity contribution >= 4 is 11.5 Å². The number of hydrogen-bond donors (Lipinski definition) is 4. The second-order valence-corrected chi connectivity index (χ2v) is 4.65. The smallest absolute Gasteiger partial charge is 0.227 e. The number of aromatic nitrogens is 4. The van der Waals surface area contributed by atoms with E-state index in [2.05, 4.69) is 15.1 Å². The van der Waals surface area contributed by atoms with Gasteiger partial charge in [-0.1, -0.05) is 0 Å². The van der Waals surface area contributed by atoms with Crippen LogP contribution in [0.2, 0.25) is 0 Å². The molecule has 0 saturated carbocycles. The van der Waals surface area contributed by atoms with E-state index in [0.29, 0.717) is 0 Å². The van der Waals surface area contributed by atoms with Crippen LogP contribution in [0, 0.1) is 11.3 Å². The molecule has 0 bridgehead atoms. The number of aliphatic hydroxyl groups is 3. The first-order chi connectivity index (χ1) is 10.0. The lowest BCUT2D eigenvalue weighted by atomic mass is 9.93. The number of nitriles is 1. The van der Waals surface area contributed by atoms with Crippen LogP contribution in [-0.4, -0.2) is 59.8 Å². The SMILES string of the molecule is N#C[C@@]1(c2cnc3c(N)ncnn23)O[C@H](CO)[C@@H](O)[C@H]1O. The Balaban J connectivity index is 2.20. The third-order valence-corrected chi connectivity index (χ3v) is 3.52. The number of nitrogens with zero attached hydrogens (tertiary/aromatic N) is 5. The molecule has 0 unspecified atom stereocenters. The summed E-state index contributed by atoms with van der Waals surface area (Å²) >= 11 is 0. The van der Waals surface area contributed by atoms with E-state index < -0.39 is 30.5 Å². The standard InChI is InChI=1S/C11H12N6O4/c12-3-11(8(20)7(19)5(2-18)21-11)6-1-14-10-9(13)15-4-16-17(6)10/h1,4-5,7-8,18-20H,2H2,(H2,13,15,16)/t5-,7-,8-,11+/m1/s1. The monoisotopic (exact) mass is 292 g/mol. The molecule has 2 aromatic heterocycles. The fourth-order valence-electron chi connectivity index (χ4n) is 2.42. The lowest BCUT2D eigenvalue weighted by Gasteiger charge is -2.23. The molecule has 0 radical (unpaired) electrons. The Kier molecular flexibility index (Phi) is 2.99. The molecule has 5 N–H and O–H groups in total. The Morgan fingerprint density at radius 2 is 2.24 bits per heavy atom. The van der Waals surface area contributed by atoms with Crippen molar-refractivity contribution in [3.8, 4) is 6.07 Å². The zero-order valence-electron chi connectivity index (χ0n) is 10.7. The predicted octanol–water partition coefficient (Wildman–Crippen LogP) is -2.46. The average molecular weight is 292 g/mol. The molecule has 1 saturated heterocycles. The van der Waals surface area contributed by atoms with Crippen LogP contribution in [0.15, 0.2) is 12.5 Å². The Morgan fingerprint density at radius 3 is 2.86 bits per heavy atom. The highest BCUT2D eigenvalue weighted by Gasteiger charge is 2.57. The highest BCUT2D eigenvalue weighted by molar-refractivity contribution is 5.59. The summed E-state index contributed by atoms with van der Waals surface area (Å²) < 4.78 is 6.60. The fourth-order valence-corrected chi connectivity index (χ4v) is 2.42. The van der Waals surface area contributed by atoms with Gasteiger partial charge in [0.05, 0.1) is 12.8 Å². The van der Waals surface area contributed by atoms with Gasteiger partial charge in [0, 0.05) is 0 Å². The molecular weight excluding hydrogens is 280 g/mol. The number of anilines is 1. The summed E-state index contributed by atoms with van der Waals surface area (Å²) in [7, 11) is 0. The number of rotatable bonds is 2. The van der Waals surface area contributed by atoms with Crippen molar-refractivity contribution < 1.29 is 20.1 Å². The highest BCUT2D eigenvalue weighted by Crippen LogP contribution is 2.39. The van der Waals surface area contributed by atoms with Gasteiger partial charge < -0.3 is 25.8 Å². The summed E-state index contributed by atoms with van der Waals surface area (Å²) in [5.74, 6) is 0.0936. The number of aliphatic hydroxyl groups excluding tert-OH is 3. The maximum atomic E-state index is 10.2. The van der Waals surface area contributed by atoms with Crippen molar-refractivity contribution in [3.63, 3.8) is 0 Å². The van der Waals surface area contributed by atoms with Crippen LogP contribution in [-0.2, 0) is 10.3 Å². The number of fused-ring (bicyclic) bond motifs is 1. The van der Waals surface area contributed by atoms with Crippen molar-refractivity contribution in [3.05, 3.63) is 18.2 Å². The minimum Gasteiger partial charge on any atom is -0.394 e. The second-order valence-electron chi connectivity index (χ2n) is 4.65. The van der Waals surface area contributed by atoms with Gasteiger partial charge in [-0.3, -0.25) is 0 Å². The molecule has 10 heteroatoms. The molecule has 4 atom stereocenters. The maximum Gasteiger partial charge on any atom is 0.227 e. The molecule has 3 rings (SSSR count). The summed E-state index contributed by atoms with van der Waals surface area (Å²) in [5.41, 5.74) is 4.04. The van der Waals surface area contributed by atoms with Crippen molar-refractivity contribution in [1.82, 2.24) is 19.6 Å². The molecule has 1 aliphatic rings. The van der Waals surface area contributed by atoms with Crippen LogP contribution in [0.5, 0.6) is 0 Å². The van der Waals surface area contributed by atoms with Crippen LogP contribution in [0.1, 0.15) is 5.69 Å². The Bertz CT molecular complexity index is 727. The fraction of sp³-hybridized carbons (Fsp3) is 0.455. The van der Waals surface area contributed by atoms with E-state index in [-0.39, 0.29) is 17.2 Å². The van der Waals surface area contributed by atoms with Gasteiger partial charge in [0.1, 0.15) is 36.4 Å². The van der Waals surface area contributed by atoms with Gasteiger partial charge in [-0.15, -0.1) is 0 Å². The van der Waals surface area contributed by atoms with Gasteiger partial charge >= 0.3 is 0 Å². The quantitative estimate of drug-likeness (QED) is 0.470. The molecule has 1 fully saturated rings. The lowest BCUT2D eigenvalue weighted by Crippen LogP contribution is -2.40. The van der Waals surface area contributed by atoms with Crippen LogP contribution in [0.3, 0.4) is 0 Å². The summed E-state index contributed by atoms with van der Waals surface area (Å²) in [5, 5.41) is 42.6. The van der Waals surface area contributed by atoms with E-state index in [1.54, 1.807) is 0 Å². The van der Waals surface area contributed by atoms with Crippen molar-refractivity contribution in [1.29, 1.82) is 5.26 Å². The first-order valence-electron chi connectivity index (χ1n) is 6.06. The maximum absolute atomic E-state index is 10.2. The molecule has 21 heavy (non-hydrogen) atoms. The minimum absolute atomic E-state index is 0.0936. The summed E-state index contributed by atoms with van der Waals surface area (Å²) in [6, 6.07) is 1.83. The zero-order chi connectivity index (χ0) is 15.2. The Hall–Kier alpha value is -2.32. The number of ether oxygens (including phenoxy) is 1. The van der Waals surface area contributed by atoms with Gasteiger partial charge in [-0.25, -0.2) is 14.5 Å². The van der Waals surface area contributed by atoms with Crippen LogP contribution >= 0.6 is 0 Å². The third kappa shape index (κ3) is 1.69. The number of imidazole rings is 1. The minimum atomic E-state index is -1.91. The molecule has 110 valence electrons. The van der Waals surface area contributed by atoms with Crippen LogP contribution in [0.4, 0.5) is 5.82 Å². The number of nitrogens with two attached hydrogens (primary N) is 1. The predicted molar refractivity (Wildman–Crippen MR) is 66.5 cm³/mol. The largest absolute Gasteiger partial charge is 0.394 e. The Labute approximate surface area is 118 Å². The zero-order valence-corrected chi connectivity index (χ0v) is 10.7. The molecule has 10 nitrogen and oxygen atoms in total. The van der Waals surface area contributed by atoms with Gasteiger partial charge in [0.15, 0.2) is 11.5 Å². The van der Waals surface area contributed by atoms with E-state index in [0.717, 1.165) is 0 Å². The number of nitrogen functional groups attached to an aromatic ring is 1. The van der Waals surface area contributed by atoms with E-state index in [9.17, 15) is 15.5 Å². The average Bonchev–Trinajstić information content (AvgIpc) is 3.03. The van der Waals surface area contributed by atoms with Gasteiger partial charge in [0.25, 0.3) is 0 Å². The molecule has 0 spiro atoms. The van der Waals surface area contributed by atoms with E-state index >= 15 is 0 Å². The van der Waals surface area contributed by atoms with Crippen molar-refractivity contribution in [2.24, 2.45) is 0 Å². The summed E-state index contributed by atoms with van der Waals surface area (Å²) in [4.78, 5) is 7.76. The van der Waals surface area contributed by atoms with E-state index in [1.165, 1.54) is 17.0 Å². The van der Waals surface area contributed by atoms with Gasteiger partial charge in [-0.2, -0.15) is 10.4 Å². The molecule has 0 aliphatic carbocycles. The molecule has 0 aromatic carbocycles.